The number of phenols is 1. The lowest BCUT2D eigenvalue weighted by Gasteiger charge is -2.63. The minimum atomic E-state index is -0.134. The Balaban J connectivity index is 1.34. The number of carbonyl (C=O) groups is 1. The summed E-state index contributed by atoms with van der Waals surface area (Å²) in [5.41, 5.74) is 3.10. The van der Waals surface area contributed by atoms with E-state index in [1.165, 1.54) is 42.6 Å². The fourth-order valence-electron chi connectivity index (χ4n) is 9.72. The van der Waals surface area contributed by atoms with E-state index in [1.54, 1.807) is 6.20 Å². The summed E-state index contributed by atoms with van der Waals surface area (Å²) in [7, 11) is 0. The van der Waals surface area contributed by atoms with Gasteiger partial charge in [-0.15, -0.1) is 0 Å². The first kappa shape index (κ1) is 23.5. The van der Waals surface area contributed by atoms with E-state index in [4.69, 9.17) is 0 Å². The van der Waals surface area contributed by atoms with Crippen LogP contribution in [0.15, 0.2) is 41.3 Å². The number of phenolic OH excluding ortho intramolecular Hbond substituents is 1. The van der Waals surface area contributed by atoms with Gasteiger partial charge in [0, 0.05) is 48.9 Å². The quantitative estimate of drug-likeness (QED) is 0.640. The first-order valence-corrected chi connectivity index (χ1v) is 14.4. The van der Waals surface area contributed by atoms with Gasteiger partial charge in [-0.2, -0.15) is 0 Å². The van der Waals surface area contributed by atoms with Crippen LogP contribution < -0.4 is 5.43 Å². The molecule has 6 nitrogen and oxygen atoms in total. The highest BCUT2D eigenvalue weighted by molar-refractivity contribution is 5.92. The number of H-pyrrole nitrogens is 1. The minimum Gasteiger partial charge on any atom is -0.508 e. The van der Waals surface area contributed by atoms with E-state index in [0.717, 1.165) is 51.1 Å². The number of benzene rings is 1. The summed E-state index contributed by atoms with van der Waals surface area (Å²) in [4.78, 5) is 33.7. The van der Waals surface area contributed by atoms with Crippen molar-refractivity contribution in [3.05, 3.63) is 63.6 Å². The molecule has 2 saturated heterocycles. The number of pyridine rings is 1. The zero-order chi connectivity index (χ0) is 25.5. The maximum absolute atomic E-state index is 13.7. The Morgan fingerprint density at radius 1 is 1.16 bits per heavy atom. The van der Waals surface area contributed by atoms with Crippen LogP contribution in [-0.4, -0.2) is 57.5 Å². The standard InChI is InChI=1S/C31H39N3O3/c1-3-21-6-7-23(35)14-25(21)31-11-13-33(17-20-4-5-20)19(2)30(31)10-8-27-28(31)22(16-30)18-34(27)29(37)26-15-24(36)9-12-32-26/h6-7,9,12,14-15,19-20,22,27-28,35H,3-5,8,10-11,13,16-18H2,1-2H3,(H,32,36)/t19?,22-,27?,28?,30?,31?/m1/s1. The number of rotatable bonds is 5. The average Bonchev–Trinajstić information content (AvgIpc) is 3.60. The molecule has 7 rings (SSSR count). The summed E-state index contributed by atoms with van der Waals surface area (Å²) >= 11 is 0. The Labute approximate surface area is 219 Å². The Kier molecular flexibility index (Phi) is 5.21. The molecule has 1 aromatic carbocycles. The van der Waals surface area contributed by atoms with E-state index in [-0.39, 0.29) is 28.2 Å². The van der Waals surface area contributed by atoms with Gasteiger partial charge in [0.05, 0.1) is 0 Å². The van der Waals surface area contributed by atoms with Crippen molar-refractivity contribution in [3.63, 3.8) is 0 Å². The molecule has 5 aliphatic rings. The molecule has 1 amide bonds. The molecule has 6 heteroatoms. The molecule has 2 N–H and O–H groups in total. The Bertz CT molecular complexity index is 1300. The molecule has 0 spiro atoms. The number of hydrogen-bond acceptors (Lipinski definition) is 4. The summed E-state index contributed by atoms with van der Waals surface area (Å²) in [5.74, 6) is 2.03. The maximum Gasteiger partial charge on any atom is 0.270 e. The summed E-state index contributed by atoms with van der Waals surface area (Å²) in [6, 6.07) is 9.65. The van der Waals surface area contributed by atoms with E-state index in [9.17, 15) is 14.7 Å². The topological polar surface area (TPSA) is 76.6 Å². The molecule has 1 aromatic heterocycles. The largest absolute Gasteiger partial charge is 0.508 e. The fraction of sp³-hybridized carbons (Fsp3) is 0.613. The van der Waals surface area contributed by atoms with E-state index >= 15 is 0 Å². The number of piperidine rings is 1. The first-order chi connectivity index (χ1) is 17.9. The van der Waals surface area contributed by atoms with Gasteiger partial charge in [-0.25, -0.2) is 0 Å². The van der Waals surface area contributed by atoms with Crippen molar-refractivity contribution in [2.24, 2.45) is 23.2 Å². The number of likely N-dealkylation sites (tertiary alicyclic amines) is 2. The van der Waals surface area contributed by atoms with E-state index < -0.39 is 0 Å². The van der Waals surface area contributed by atoms with Gasteiger partial charge in [0.15, 0.2) is 5.43 Å². The summed E-state index contributed by atoms with van der Waals surface area (Å²) in [5, 5.41) is 10.7. The molecule has 3 aliphatic carbocycles. The highest BCUT2D eigenvalue weighted by Crippen LogP contribution is 2.73. The van der Waals surface area contributed by atoms with Crippen LogP contribution in [0.3, 0.4) is 0 Å². The number of nitrogens with zero attached hydrogens (tertiary/aromatic N) is 2. The van der Waals surface area contributed by atoms with Gasteiger partial charge in [0.1, 0.15) is 11.4 Å². The van der Waals surface area contributed by atoms with Crippen LogP contribution in [0, 0.1) is 23.2 Å². The van der Waals surface area contributed by atoms with Gasteiger partial charge in [0.2, 0.25) is 0 Å². The summed E-state index contributed by atoms with van der Waals surface area (Å²) in [6.07, 6.45) is 9.65. The van der Waals surface area contributed by atoms with Crippen LogP contribution in [0.1, 0.15) is 74.0 Å². The third-order valence-electron chi connectivity index (χ3n) is 11.3. The van der Waals surface area contributed by atoms with Crippen LogP contribution >= 0.6 is 0 Å². The molecule has 0 radical (unpaired) electrons. The predicted octanol–water partition coefficient (Wildman–Crippen LogP) is 4.33. The molecule has 37 heavy (non-hydrogen) atoms. The molecular formula is C31H39N3O3. The maximum atomic E-state index is 13.7. The molecule has 5 fully saturated rings. The highest BCUT2D eigenvalue weighted by Gasteiger charge is 2.74. The molecule has 5 unspecified atom stereocenters. The Morgan fingerprint density at radius 3 is 2.76 bits per heavy atom. The number of aromatic nitrogens is 1. The summed E-state index contributed by atoms with van der Waals surface area (Å²) in [6.45, 7) is 7.80. The van der Waals surface area contributed by atoms with Crippen molar-refractivity contribution in [1.82, 2.24) is 14.8 Å². The molecule has 6 atom stereocenters. The number of aromatic hydroxyl groups is 1. The number of carbonyl (C=O) groups excluding carboxylic acids is 1. The number of aromatic amines is 1. The SMILES string of the molecule is CCc1ccc(O)cc1C12CCN(CC3CC3)C(C)C13CCC1C2[C@@H](CN1C(=O)c1cc(=O)cc[nH]1)C3. The van der Waals surface area contributed by atoms with Gasteiger partial charge in [0.25, 0.3) is 5.91 Å². The van der Waals surface area contributed by atoms with E-state index in [0.29, 0.717) is 29.3 Å². The van der Waals surface area contributed by atoms with Gasteiger partial charge in [-0.05, 0) is 105 Å². The van der Waals surface area contributed by atoms with Crippen molar-refractivity contribution in [2.75, 3.05) is 19.6 Å². The molecule has 2 bridgehead atoms. The second-order valence-electron chi connectivity index (χ2n) is 12.7. The minimum absolute atomic E-state index is 0.0365. The third kappa shape index (κ3) is 3.20. The zero-order valence-corrected chi connectivity index (χ0v) is 22.1. The molecule has 2 aromatic rings. The zero-order valence-electron chi connectivity index (χ0n) is 22.1. The van der Waals surface area contributed by atoms with Gasteiger partial charge in [-0.1, -0.05) is 13.0 Å². The molecular weight excluding hydrogens is 462 g/mol. The van der Waals surface area contributed by atoms with Crippen LogP contribution in [-0.2, 0) is 11.8 Å². The van der Waals surface area contributed by atoms with Gasteiger partial charge in [-0.3, -0.25) is 14.5 Å². The van der Waals surface area contributed by atoms with Crippen LogP contribution in [0.2, 0.25) is 0 Å². The lowest BCUT2D eigenvalue weighted by atomic mass is 9.46. The van der Waals surface area contributed by atoms with Crippen molar-refractivity contribution < 1.29 is 9.90 Å². The van der Waals surface area contributed by atoms with Crippen LogP contribution in [0.4, 0.5) is 0 Å². The normalized spacial score (nSPS) is 36.5. The van der Waals surface area contributed by atoms with Gasteiger partial charge >= 0.3 is 0 Å². The molecule has 196 valence electrons. The second kappa shape index (κ2) is 8.20. The van der Waals surface area contributed by atoms with Crippen molar-refractivity contribution in [2.45, 2.75) is 76.3 Å². The van der Waals surface area contributed by atoms with Crippen molar-refractivity contribution in [3.8, 4) is 5.75 Å². The van der Waals surface area contributed by atoms with Crippen LogP contribution in [0.5, 0.6) is 5.75 Å². The smallest absolute Gasteiger partial charge is 0.270 e. The second-order valence-corrected chi connectivity index (χ2v) is 12.7. The number of aryl methyl sites for hydroxylation is 1. The lowest BCUT2D eigenvalue weighted by molar-refractivity contribution is -0.0870. The van der Waals surface area contributed by atoms with Gasteiger partial charge < -0.3 is 15.0 Å². The van der Waals surface area contributed by atoms with Crippen molar-refractivity contribution >= 4 is 5.91 Å². The average molecular weight is 502 g/mol. The molecule has 2 aliphatic heterocycles. The Hall–Kier alpha value is -2.60. The third-order valence-corrected chi connectivity index (χ3v) is 11.3. The van der Waals surface area contributed by atoms with Crippen LogP contribution in [0.25, 0.3) is 0 Å². The van der Waals surface area contributed by atoms with E-state index in [2.05, 4.69) is 40.8 Å². The monoisotopic (exact) mass is 501 g/mol. The van der Waals surface area contributed by atoms with E-state index in [1.807, 2.05) is 6.07 Å². The lowest BCUT2D eigenvalue weighted by Crippen LogP contribution is -2.66. The first-order valence-electron chi connectivity index (χ1n) is 14.4. The number of nitrogens with one attached hydrogen (secondary N) is 1. The predicted molar refractivity (Wildman–Crippen MR) is 143 cm³/mol. The fourth-order valence-corrected chi connectivity index (χ4v) is 9.72. The van der Waals surface area contributed by atoms with Crippen molar-refractivity contribution in [1.29, 1.82) is 0 Å². The number of hydrogen-bond donors (Lipinski definition) is 2. The number of amides is 1. The highest BCUT2D eigenvalue weighted by atomic mass is 16.3. The molecule has 3 heterocycles. The summed E-state index contributed by atoms with van der Waals surface area (Å²) < 4.78 is 0. The molecule has 3 saturated carbocycles. The Morgan fingerprint density at radius 2 is 2.00 bits per heavy atom.